The van der Waals surface area contributed by atoms with E-state index >= 15 is 0 Å². The van der Waals surface area contributed by atoms with E-state index in [2.05, 4.69) is 30.6 Å². The maximum Gasteiger partial charge on any atom is 0.387 e. The molecule has 1 aromatic carbocycles. The zero-order chi connectivity index (χ0) is 21.8. The Kier molecular flexibility index (Phi) is 6.38. The number of ether oxygens (including phenoxy) is 3. The highest BCUT2D eigenvalue weighted by Gasteiger charge is 2.21. The van der Waals surface area contributed by atoms with Gasteiger partial charge in [0.25, 0.3) is 0 Å². The van der Waals surface area contributed by atoms with Gasteiger partial charge in [-0.1, -0.05) is 12.8 Å². The molecule has 0 radical (unpaired) electrons. The lowest BCUT2D eigenvalue weighted by Gasteiger charge is -2.18. The fourth-order valence-corrected chi connectivity index (χ4v) is 3.64. The molecule has 1 fully saturated rings. The highest BCUT2D eigenvalue weighted by Crippen LogP contribution is 2.39. The van der Waals surface area contributed by atoms with Gasteiger partial charge in [0.2, 0.25) is 6.79 Å². The first kappa shape index (κ1) is 21.1. The Balaban J connectivity index is 1.53. The van der Waals surface area contributed by atoms with Crippen molar-refractivity contribution in [2.24, 2.45) is 12.0 Å². The smallest absolute Gasteiger partial charge is 0.387 e. The zero-order valence-corrected chi connectivity index (χ0v) is 17.5. The highest BCUT2D eigenvalue weighted by atomic mass is 19.3. The number of nitrogens with zero attached hydrogens (tertiary/aromatic N) is 4. The van der Waals surface area contributed by atoms with E-state index in [0.717, 1.165) is 24.5 Å². The first-order valence-electron chi connectivity index (χ1n) is 10.3. The van der Waals surface area contributed by atoms with Crippen LogP contribution >= 0.6 is 0 Å². The average Bonchev–Trinajstić information content (AvgIpc) is 3.47. The predicted octanol–water partition coefficient (Wildman–Crippen LogP) is 2.63. The molecular formula is C20H26F2N6O3. The highest BCUT2D eigenvalue weighted by molar-refractivity contribution is 5.80. The second-order valence-electron chi connectivity index (χ2n) is 7.56. The van der Waals surface area contributed by atoms with Crippen LogP contribution in [0.15, 0.2) is 17.1 Å². The van der Waals surface area contributed by atoms with E-state index in [1.54, 1.807) is 6.07 Å². The summed E-state index contributed by atoms with van der Waals surface area (Å²) >= 11 is 0. The van der Waals surface area contributed by atoms with Crippen LogP contribution in [0.25, 0.3) is 0 Å². The molecule has 2 aliphatic rings. The van der Waals surface area contributed by atoms with Crippen LogP contribution in [-0.2, 0) is 20.1 Å². The molecule has 1 aromatic heterocycles. The largest absolute Gasteiger partial charge is 0.454 e. The standard InChI is InChI=1S/C20H26F2N6O3/c1-12-26-27-18(28(12)2)10-24-20(25-14-5-3-4-6-14)23-9-13-7-16-17(30-11-29-16)8-15(13)31-19(21)22/h7-8,14,19H,3-6,9-11H2,1-2H3,(H2,23,24,25). The lowest BCUT2D eigenvalue weighted by atomic mass is 10.1. The Morgan fingerprint density at radius 3 is 2.68 bits per heavy atom. The van der Waals surface area contributed by atoms with Gasteiger partial charge in [-0.15, -0.1) is 10.2 Å². The lowest BCUT2D eigenvalue weighted by molar-refractivity contribution is -0.0505. The molecule has 0 bridgehead atoms. The van der Waals surface area contributed by atoms with Gasteiger partial charge in [0.1, 0.15) is 11.6 Å². The third-order valence-electron chi connectivity index (χ3n) is 5.47. The van der Waals surface area contributed by atoms with E-state index in [4.69, 9.17) is 9.47 Å². The second kappa shape index (κ2) is 9.36. The minimum absolute atomic E-state index is 0.0205. The van der Waals surface area contributed by atoms with Crippen LogP contribution < -0.4 is 24.8 Å². The van der Waals surface area contributed by atoms with Crippen LogP contribution in [-0.4, -0.2) is 40.2 Å². The molecule has 2 aromatic rings. The van der Waals surface area contributed by atoms with Gasteiger partial charge in [0.05, 0.1) is 13.1 Å². The van der Waals surface area contributed by atoms with Crippen molar-refractivity contribution in [2.45, 2.75) is 58.3 Å². The third-order valence-corrected chi connectivity index (χ3v) is 5.47. The molecule has 1 saturated carbocycles. The average molecular weight is 436 g/mol. The van der Waals surface area contributed by atoms with Crippen molar-refractivity contribution >= 4 is 5.96 Å². The quantitative estimate of drug-likeness (QED) is 0.509. The number of aromatic nitrogens is 3. The summed E-state index contributed by atoms with van der Waals surface area (Å²) in [5, 5.41) is 14.9. The topological polar surface area (TPSA) is 94.8 Å². The molecule has 11 heteroatoms. The van der Waals surface area contributed by atoms with Gasteiger partial charge in [-0.3, -0.25) is 0 Å². The third kappa shape index (κ3) is 5.15. The van der Waals surface area contributed by atoms with Gasteiger partial charge >= 0.3 is 6.61 Å². The minimum Gasteiger partial charge on any atom is -0.454 e. The number of aryl methyl sites for hydroxylation is 1. The van der Waals surface area contributed by atoms with Crippen molar-refractivity contribution in [3.05, 3.63) is 29.3 Å². The predicted molar refractivity (Wildman–Crippen MR) is 108 cm³/mol. The van der Waals surface area contributed by atoms with E-state index in [-0.39, 0.29) is 19.1 Å². The van der Waals surface area contributed by atoms with Crippen molar-refractivity contribution in [3.8, 4) is 17.2 Å². The normalized spacial score (nSPS) is 16.2. The summed E-state index contributed by atoms with van der Waals surface area (Å²) in [5.41, 5.74) is 0.478. The molecule has 168 valence electrons. The summed E-state index contributed by atoms with van der Waals surface area (Å²) in [4.78, 5) is 4.62. The van der Waals surface area contributed by atoms with Crippen LogP contribution in [0.5, 0.6) is 17.2 Å². The fourth-order valence-electron chi connectivity index (χ4n) is 3.64. The van der Waals surface area contributed by atoms with E-state index in [1.807, 2.05) is 18.5 Å². The molecule has 2 N–H and O–H groups in total. The number of hydrogen-bond donors (Lipinski definition) is 2. The molecule has 0 amide bonds. The van der Waals surface area contributed by atoms with Crippen LogP contribution in [0.4, 0.5) is 8.78 Å². The van der Waals surface area contributed by atoms with E-state index in [0.29, 0.717) is 35.6 Å². The number of halogens is 2. The molecule has 31 heavy (non-hydrogen) atoms. The van der Waals surface area contributed by atoms with Crippen LogP contribution in [0.2, 0.25) is 0 Å². The van der Waals surface area contributed by atoms with E-state index < -0.39 is 6.61 Å². The first-order chi connectivity index (χ1) is 15.0. The Labute approximate surface area is 178 Å². The van der Waals surface area contributed by atoms with Gasteiger partial charge in [-0.05, 0) is 25.8 Å². The first-order valence-corrected chi connectivity index (χ1v) is 10.3. The number of aliphatic imine (C=N–C) groups is 1. The van der Waals surface area contributed by atoms with Crippen molar-refractivity contribution < 1.29 is 23.0 Å². The number of hydrogen-bond acceptors (Lipinski definition) is 6. The van der Waals surface area contributed by atoms with Crippen LogP contribution in [0.3, 0.4) is 0 Å². The maximum absolute atomic E-state index is 12.9. The minimum atomic E-state index is -2.95. The number of guanidine groups is 1. The summed E-state index contributed by atoms with van der Waals surface area (Å²) in [5.74, 6) is 3.04. The summed E-state index contributed by atoms with van der Waals surface area (Å²) < 4.78 is 43.0. The Morgan fingerprint density at radius 1 is 1.26 bits per heavy atom. The van der Waals surface area contributed by atoms with Gasteiger partial charge in [-0.25, -0.2) is 4.99 Å². The molecule has 0 unspecified atom stereocenters. The van der Waals surface area contributed by atoms with Gasteiger partial charge < -0.3 is 29.4 Å². The molecule has 4 rings (SSSR count). The SMILES string of the molecule is Cc1nnc(CNC(=NCc2cc3c(cc2OC(F)F)OCO3)NC2CCCC2)n1C. The summed E-state index contributed by atoms with van der Waals surface area (Å²) in [6.07, 6.45) is 4.46. The lowest BCUT2D eigenvalue weighted by Crippen LogP contribution is -2.42. The van der Waals surface area contributed by atoms with Gasteiger partial charge in [-0.2, -0.15) is 8.78 Å². The van der Waals surface area contributed by atoms with Crippen molar-refractivity contribution in [1.29, 1.82) is 0 Å². The summed E-state index contributed by atoms with van der Waals surface area (Å²) in [6, 6.07) is 3.36. The van der Waals surface area contributed by atoms with Crippen molar-refractivity contribution in [3.63, 3.8) is 0 Å². The summed E-state index contributed by atoms with van der Waals surface area (Å²) in [6.45, 7) is -0.470. The number of rotatable bonds is 7. The fraction of sp³-hybridized carbons (Fsp3) is 0.550. The molecule has 2 heterocycles. The van der Waals surface area contributed by atoms with Gasteiger partial charge in [0.15, 0.2) is 23.3 Å². The van der Waals surface area contributed by atoms with Gasteiger partial charge in [0, 0.05) is 24.7 Å². The molecule has 9 nitrogen and oxygen atoms in total. The van der Waals surface area contributed by atoms with E-state index in [9.17, 15) is 8.78 Å². The number of alkyl halides is 2. The van der Waals surface area contributed by atoms with Crippen LogP contribution in [0.1, 0.15) is 42.9 Å². The van der Waals surface area contributed by atoms with Crippen molar-refractivity contribution in [1.82, 2.24) is 25.4 Å². The Morgan fingerprint density at radius 2 is 2.00 bits per heavy atom. The molecule has 0 spiro atoms. The second-order valence-corrected chi connectivity index (χ2v) is 7.56. The molecule has 1 aliphatic heterocycles. The Bertz CT molecular complexity index is 943. The van der Waals surface area contributed by atoms with Crippen molar-refractivity contribution in [2.75, 3.05) is 6.79 Å². The monoisotopic (exact) mass is 436 g/mol. The zero-order valence-electron chi connectivity index (χ0n) is 17.5. The number of benzene rings is 1. The summed E-state index contributed by atoms with van der Waals surface area (Å²) in [7, 11) is 1.90. The maximum atomic E-state index is 12.9. The molecule has 0 saturated heterocycles. The molecule has 1 aliphatic carbocycles. The molecule has 0 atom stereocenters. The number of nitrogens with one attached hydrogen (secondary N) is 2. The number of fused-ring (bicyclic) bond motifs is 1. The molecular weight excluding hydrogens is 410 g/mol. The Hall–Kier alpha value is -3.11. The van der Waals surface area contributed by atoms with E-state index in [1.165, 1.54) is 18.9 Å². The van der Waals surface area contributed by atoms with Crippen LogP contribution in [0, 0.1) is 6.92 Å².